The largest absolute Gasteiger partial charge is 0.394 e. The molecule has 0 aromatic heterocycles. The molecule has 1 aliphatic carbocycles. The molecule has 108 valence electrons. The fourth-order valence-electron chi connectivity index (χ4n) is 3.50. The van der Waals surface area contributed by atoms with E-state index in [9.17, 15) is 19.8 Å². The Kier molecular flexibility index (Phi) is 3.97. The quantitative estimate of drug-likeness (QED) is 0.714. The summed E-state index contributed by atoms with van der Waals surface area (Å²) in [7, 11) is 0. The van der Waals surface area contributed by atoms with Crippen molar-refractivity contribution in [3.63, 3.8) is 0 Å². The van der Waals surface area contributed by atoms with E-state index in [2.05, 4.69) is 6.92 Å². The summed E-state index contributed by atoms with van der Waals surface area (Å²) >= 11 is 0. The van der Waals surface area contributed by atoms with Crippen LogP contribution < -0.4 is 0 Å². The fraction of sp³-hybridized carbons (Fsp3) is 0.857. The normalized spacial score (nSPS) is 31.2. The summed E-state index contributed by atoms with van der Waals surface area (Å²) in [6, 6.07) is 0. The molecule has 1 saturated carbocycles. The molecule has 2 N–H and O–H groups in total. The summed E-state index contributed by atoms with van der Waals surface area (Å²) < 4.78 is 0. The lowest BCUT2D eigenvalue weighted by Gasteiger charge is -2.37. The highest BCUT2D eigenvalue weighted by Gasteiger charge is 2.57. The van der Waals surface area contributed by atoms with E-state index < -0.39 is 5.54 Å². The maximum Gasteiger partial charge on any atom is 0.233 e. The van der Waals surface area contributed by atoms with Crippen LogP contribution in [0, 0.1) is 17.8 Å². The summed E-state index contributed by atoms with van der Waals surface area (Å²) in [5.74, 6) is -0.418. The average Bonchev–Trinajstić information content (AvgIpc) is 2.96. The van der Waals surface area contributed by atoms with E-state index in [1.807, 2.05) is 0 Å². The second kappa shape index (κ2) is 5.21. The number of rotatable bonds is 5. The first kappa shape index (κ1) is 14.5. The minimum absolute atomic E-state index is 0.198. The van der Waals surface area contributed by atoms with Crippen LogP contribution in [-0.2, 0) is 9.59 Å². The Labute approximate surface area is 113 Å². The highest BCUT2D eigenvalue weighted by molar-refractivity contribution is 6.06. The molecule has 2 rings (SSSR count). The Morgan fingerprint density at radius 1 is 1.11 bits per heavy atom. The molecule has 0 radical (unpaired) electrons. The van der Waals surface area contributed by atoms with Gasteiger partial charge in [-0.2, -0.15) is 0 Å². The third kappa shape index (κ3) is 1.99. The zero-order valence-corrected chi connectivity index (χ0v) is 11.6. The topological polar surface area (TPSA) is 77.8 Å². The lowest BCUT2D eigenvalue weighted by atomic mass is 9.94. The van der Waals surface area contributed by atoms with Crippen LogP contribution in [0.15, 0.2) is 0 Å². The molecule has 19 heavy (non-hydrogen) atoms. The molecule has 2 amide bonds. The van der Waals surface area contributed by atoms with E-state index in [-0.39, 0.29) is 36.9 Å². The van der Waals surface area contributed by atoms with Gasteiger partial charge in [-0.05, 0) is 25.2 Å². The average molecular weight is 269 g/mol. The smallest absolute Gasteiger partial charge is 0.233 e. The van der Waals surface area contributed by atoms with E-state index in [4.69, 9.17) is 0 Å². The Morgan fingerprint density at radius 2 is 1.58 bits per heavy atom. The Balaban J connectivity index is 2.27. The first-order chi connectivity index (χ1) is 9.04. The maximum atomic E-state index is 12.5. The Bertz CT molecular complexity index is 345. The first-order valence-electron chi connectivity index (χ1n) is 7.14. The van der Waals surface area contributed by atoms with Crippen molar-refractivity contribution in [3.05, 3.63) is 0 Å². The van der Waals surface area contributed by atoms with Gasteiger partial charge in [0.05, 0.1) is 30.6 Å². The van der Waals surface area contributed by atoms with Gasteiger partial charge in [-0.15, -0.1) is 0 Å². The Morgan fingerprint density at radius 3 is 1.89 bits per heavy atom. The minimum atomic E-state index is -1.12. The number of aliphatic hydroxyl groups excluding tert-OH is 2. The number of fused-ring (bicyclic) bond motifs is 1. The van der Waals surface area contributed by atoms with Gasteiger partial charge in [0.15, 0.2) is 0 Å². The molecule has 2 aliphatic rings. The zero-order chi connectivity index (χ0) is 14.2. The summed E-state index contributed by atoms with van der Waals surface area (Å²) in [6.45, 7) is 3.09. The minimum Gasteiger partial charge on any atom is -0.394 e. The van der Waals surface area contributed by atoms with Crippen molar-refractivity contribution in [2.75, 3.05) is 13.2 Å². The molecule has 0 aromatic carbocycles. The van der Waals surface area contributed by atoms with E-state index >= 15 is 0 Å². The van der Waals surface area contributed by atoms with Crippen molar-refractivity contribution in [2.24, 2.45) is 17.8 Å². The van der Waals surface area contributed by atoms with Crippen LogP contribution in [0.3, 0.4) is 0 Å². The molecular weight excluding hydrogens is 246 g/mol. The van der Waals surface area contributed by atoms with E-state index in [1.54, 1.807) is 6.92 Å². The Hall–Kier alpha value is -0.940. The van der Waals surface area contributed by atoms with Gasteiger partial charge in [0, 0.05) is 0 Å². The van der Waals surface area contributed by atoms with Gasteiger partial charge in [0.25, 0.3) is 0 Å². The molecule has 5 heteroatoms. The van der Waals surface area contributed by atoms with Crippen LogP contribution in [-0.4, -0.2) is 45.7 Å². The number of nitrogens with zero attached hydrogens (tertiary/aromatic N) is 1. The molecule has 1 aliphatic heterocycles. The first-order valence-corrected chi connectivity index (χ1v) is 7.14. The van der Waals surface area contributed by atoms with Crippen molar-refractivity contribution in [1.29, 1.82) is 0 Å². The van der Waals surface area contributed by atoms with Crippen molar-refractivity contribution in [1.82, 2.24) is 4.90 Å². The molecule has 2 atom stereocenters. The third-order valence-corrected chi connectivity index (χ3v) is 5.03. The lowest BCUT2D eigenvalue weighted by Crippen LogP contribution is -2.57. The molecule has 2 unspecified atom stereocenters. The highest BCUT2D eigenvalue weighted by atomic mass is 16.3. The second-order valence-corrected chi connectivity index (χ2v) is 5.86. The zero-order valence-electron chi connectivity index (χ0n) is 11.6. The maximum absolute atomic E-state index is 12.5. The van der Waals surface area contributed by atoms with Crippen LogP contribution >= 0.6 is 0 Å². The number of carbonyl (C=O) groups is 2. The van der Waals surface area contributed by atoms with Crippen LogP contribution in [0.5, 0.6) is 0 Å². The van der Waals surface area contributed by atoms with Crippen LogP contribution in [0.2, 0.25) is 0 Å². The predicted molar refractivity (Wildman–Crippen MR) is 69.0 cm³/mol. The van der Waals surface area contributed by atoms with Crippen LogP contribution in [0.4, 0.5) is 0 Å². The molecular formula is C14H23NO4. The van der Waals surface area contributed by atoms with Crippen molar-refractivity contribution in [2.45, 2.75) is 45.1 Å². The third-order valence-electron chi connectivity index (χ3n) is 5.03. The summed E-state index contributed by atoms with van der Waals surface area (Å²) in [4.78, 5) is 26.1. The van der Waals surface area contributed by atoms with Crippen LogP contribution in [0.25, 0.3) is 0 Å². The monoisotopic (exact) mass is 269 g/mol. The number of carbonyl (C=O) groups excluding carboxylic acids is 2. The van der Waals surface area contributed by atoms with Crippen LogP contribution in [0.1, 0.15) is 39.5 Å². The summed E-state index contributed by atoms with van der Waals surface area (Å²) in [5.41, 5.74) is -1.12. The van der Waals surface area contributed by atoms with Gasteiger partial charge in [-0.3, -0.25) is 14.5 Å². The van der Waals surface area contributed by atoms with Gasteiger partial charge < -0.3 is 10.2 Å². The number of amides is 2. The number of hydrogen-bond acceptors (Lipinski definition) is 4. The molecule has 2 fully saturated rings. The number of hydrogen-bond donors (Lipinski definition) is 2. The highest BCUT2D eigenvalue weighted by Crippen LogP contribution is 2.46. The van der Waals surface area contributed by atoms with Gasteiger partial charge in [0.1, 0.15) is 0 Å². The molecule has 0 spiro atoms. The molecule has 5 nitrogen and oxygen atoms in total. The van der Waals surface area contributed by atoms with Gasteiger partial charge in [0.2, 0.25) is 11.8 Å². The van der Waals surface area contributed by atoms with Gasteiger partial charge in [-0.25, -0.2) is 0 Å². The lowest BCUT2D eigenvalue weighted by molar-refractivity contribution is -0.153. The standard InChI is InChI=1S/C14H23NO4/c1-3-9-5-10-11(6-9)13(19)15(12(10)18)14(4-2,7-16)8-17/h9-11,16-17H,3-8H2,1-2H3. The number of likely N-dealkylation sites (tertiary alicyclic amines) is 1. The second-order valence-electron chi connectivity index (χ2n) is 5.86. The fourth-order valence-corrected chi connectivity index (χ4v) is 3.50. The molecule has 1 saturated heterocycles. The van der Waals surface area contributed by atoms with Gasteiger partial charge in [-0.1, -0.05) is 20.3 Å². The van der Waals surface area contributed by atoms with E-state index in [0.717, 1.165) is 24.2 Å². The number of imide groups is 1. The molecule has 0 aromatic rings. The molecule has 1 heterocycles. The van der Waals surface area contributed by atoms with E-state index in [0.29, 0.717) is 12.3 Å². The van der Waals surface area contributed by atoms with Crippen molar-refractivity contribution >= 4 is 11.8 Å². The predicted octanol–water partition coefficient (Wildman–Crippen LogP) is 0.541. The van der Waals surface area contributed by atoms with Gasteiger partial charge >= 0.3 is 0 Å². The van der Waals surface area contributed by atoms with Crippen molar-refractivity contribution in [3.8, 4) is 0 Å². The summed E-state index contributed by atoms with van der Waals surface area (Å²) in [5, 5.41) is 19.1. The summed E-state index contributed by atoms with van der Waals surface area (Å²) in [6.07, 6.45) is 2.89. The number of aliphatic hydroxyl groups is 2. The van der Waals surface area contributed by atoms with Crippen molar-refractivity contribution < 1.29 is 19.8 Å². The SMILES string of the molecule is CCC1CC2C(=O)N(C(CC)(CO)CO)C(=O)C2C1. The molecule has 0 bridgehead atoms. The van der Waals surface area contributed by atoms with E-state index in [1.165, 1.54) is 0 Å².